The number of hydrogen-bond acceptors (Lipinski definition) is 6. The fraction of sp³-hybridized carbons (Fsp3) is 0.948. The van der Waals surface area contributed by atoms with E-state index in [0.29, 0.717) is 19.3 Å². The summed E-state index contributed by atoms with van der Waals surface area (Å²) in [5.74, 6) is 1.61. The minimum Gasteiger partial charge on any atom is -0.462 e. The number of esters is 3. The lowest BCUT2D eigenvalue weighted by Gasteiger charge is -2.18. The van der Waals surface area contributed by atoms with Crippen LogP contribution >= 0.6 is 0 Å². The lowest BCUT2D eigenvalue weighted by atomic mass is 10.0. The number of hydrogen-bond donors (Lipinski definition) is 0. The zero-order valence-corrected chi connectivity index (χ0v) is 44.1. The number of carbonyl (C=O) groups excluding carboxylic acids is 3. The van der Waals surface area contributed by atoms with Gasteiger partial charge in [-0.05, 0) is 37.0 Å². The Morgan fingerprint density at radius 1 is 0.266 bits per heavy atom. The molecule has 0 unspecified atom stereocenters. The fourth-order valence-electron chi connectivity index (χ4n) is 8.82. The van der Waals surface area contributed by atoms with E-state index in [4.69, 9.17) is 14.2 Å². The van der Waals surface area contributed by atoms with Gasteiger partial charge in [0.05, 0.1) is 0 Å². The van der Waals surface area contributed by atoms with Crippen LogP contribution in [0.5, 0.6) is 0 Å². The fourth-order valence-corrected chi connectivity index (χ4v) is 8.82. The monoisotopic (exact) mass is 905 g/mol. The molecule has 6 heteroatoms. The van der Waals surface area contributed by atoms with Crippen LogP contribution in [-0.4, -0.2) is 37.2 Å². The maximum atomic E-state index is 12.8. The Morgan fingerprint density at radius 3 is 0.672 bits per heavy atom. The smallest absolute Gasteiger partial charge is 0.306 e. The molecule has 6 nitrogen and oxygen atoms in total. The molecule has 0 rings (SSSR count). The molecule has 64 heavy (non-hydrogen) atoms. The van der Waals surface area contributed by atoms with Crippen molar-refractivity contribution in [1.29, 1.82) is 0 Å². The van der Waals surface area contributed by atoms with Gasteiger partial charge in [-0.25, -0.2) is 0 Å². The lowest BCUT2D eigenvalue weighted by molar-refractivity contribution is -0.167. The molecule has 0 radical (unpaired) electrons. The summed E-state index contributed by atoms with van der Waals surface area (Å²) in [4.78, 5) is 38.0. The molecule has 0 aliphatic rings. The van der Waals surface area contributed by atoms with Crippen LogP contribution in [0.25, 0.3) is 0 Å². The molecule has 0 bridgehead atoms. The van der Waals surface area contributed by atoms with Gasteiger partial charge in [-0.15, -0.1) is 0 Å². The maximum Gasteiger partial charge on any atom is 0.306 e. The molecule has 0 saturated carbocycles. The van der Waals surface area contributed by atoms with E-state index >= 15 is 0 Å². The summed E-state index contributed by atoms with van der Waals surface area (Å²) in [7, 11) is 0. The highest BCUT2D eigenvalue weighted by molar-refractivity contribution is 5.71. The number of unbranched alkanes of at least 4 members (excludes halogenated alkanes) is 34. The topological polar surface area (TPSA) is 78.9 Å². The lowest BCUT2D eigenvalue weighted by Crippen LogP contribution is -2.30. The van der Waals surface area contributed by atoms with Crippen LogP contribution in [0.15, 0.2) is 0 Å². The van der Waals surface area contributed by atoms with E-state index < -0.39 is 6.10 Å². The normalized spacial score (nSPS) is 12.1. The first-order valence-corrected chi connectivity index (χ1v) is 28.6. The van der Waals surface area contributed by atoms with E-state index in [1.807, 2.05) is 0 Å². The molecular formula is C58H112O6. The average Bonchev–Trinajstić information content (AvgIpc) is 3.25. The zero-order chi connectivity index (χ0) is 47.0. The van der Waals surface area contributed by atoms with Crippen LogP contribution in [0.4, 0.5) is 0 Å². The van der Waals surface area contributed by atoms with Crippen LogP contribution in [-0.2, 0) is 28.6 Å². The van der Waals surface area contributed by atoms with E-state index in [-0.39, 0.29) is 31.1 Å². The molecule has 1 atom stereocenters. The highest BCUT2D eigenvalue weighted by Gasteiger charge is 2.19. The maximum absolute atomic E-state index is 12.8. The van der Waals surface area contributed by atoms with Gasteiger partial charge in [-0.2, -0.15) is 0 Å². The molecule has 0 aliphatic carbocycles. The van der Waals surface area contributed by atoms with Gasteiger partial charge < -0.3 is 14.2 Å². The molecule has 0 heterocycles. The number of rotatable bonds is 51. The van der Waals surface area contributed by atoms with E-state index in [1.165, 1.54) is 199 Å². The molecule has 0 aromatic carbocycles. The van der Waals surface area contributed by atoms with Crippen LogP contribution in [0.1, 0.15) is 318 Å². The van der Waals surface area contributed by atoms with Crippen molar-refractivity contribution in [1.82, 2.24) is 0 Å². The Labute approximate surface area is 399 Å². The first kappa shape index (κ1) is 62.4. The van der Waals surface area contributed by atoms with E-state index in [9.17, 15) is 14.4 Å². The molecule has 0 aromatic heterocycles. The van der Waals surface area contributed by atoms with Crippen LogP contribution in [0, 0.1) is 17.8 Å². The first-order valence-electron chi connectivity index (χ1n) is 28.6. The molecule has 0 N–H and O–H groups in total. The predicted molar refractivity (Wildman–Crippen MR) is 275 cm³/mol. The second-order valence-corrected chi connectivity index (χ2v) is 21.4. The summed E-state index contributed by atoms with van der Waals surface area (Å²) >= 11 is 0. The Balaban J connectivity index is 4.17. The summed E-state index contributed by atoms with van der Waals surface area (Å²) in [6, 6.07) is 0. The van der Waals surface area contributed by atoms with Gasteiger partial charge in [0.2, 0.25) is 0 Å². The average molecular weight is 906 g/mol. The van der Waals surface area contributed by atoms with E-state index in [1.54, 1.807) is 0 Å². The van der Waals surface area contributed by atoms with Crippen molar-refractivity contribution >= 4 is 17.9 Å². The molecular weight excluding hydrogens is 793 g/mol. The summed E-state index contributed by atoms with van der Waals surface area (Å²) in [6.07, 6.45) is 51.2. The minimum absolute atomic E-state index is 0.0648. The van der Waals surface area contributed by atoms with Crippen molar-refractivity contribution in [3.63, 3.8) is 0 Å². The number of ether oxygens (including phenoxy) is 3. The summed E-state index contributed by atoms with van der Waals surface area (Å²) in [5, 5.41) is 0. The molecule has 0 amide bonds. The van der Waals surface area contributed by atoms with Crippen LogP contribution in [0.2, 0.25) is 0 Å². The van der Waals surface area contributed by atoms with Crippen molar-refractivity contribution in [2.75, 3.05) is 13.2 Å². The Morgan fingerprint density at radius 2 is 0.453 bits per heavy atom. The van der Waals surface area contributed by atoms with Crippen molar-refractivity contribution in [3.05, 3.63) is 0 Å². The third kappa shape index (κ3) is 51.4. The molecule has 0 spiro atoms. The van der Waals surface area contributed by atoms with Crippen molar-refractivity contribution in [2.45, 2.75) is 324 Å². The Hall–Kier alpha value is -1.59. The van der Waals surface area contributed by atoms with E-state index in [0.717, 1.165) is 75.5 Å². The standard InChI is InChI=1S/C58H112O6/c1-52(2)44-38-32-26-22-18-14-11-9-7-8-10-12-16-20-24-28-35-41-47-56(59)62-50-55(64-58(61)49-43-37-31-30-34-40-46-54(5)6)51-63-57(60)48-42-36-29-25-21-17-13-15-19-23-27-33-39-45-53(3)4/h52-55H,7-51H2,1-6H3/t55-/m1/s1. The van der Waals surface area contributed by atoms with Gasteiger partial charge in [0.25, 0.3) is 0 Å². The van der Waals surface area contributed by atoms with Gasteiger partial charge in [0, 0.05) is 19.3 Å². The van der Waals surface area contributed by atoms with Gasteiger partial charge >= 0.3 is 17.9 Å². The van der Waals surface area contributed by atoms with Gasteiger partial charge in [0.15, 0.2) is 6.10 Å². The molecule has 0 aliphatic heterocycles. The Bertz CT molecular complexity index is 991. The van der Waals surface area contributed by atoms with Crippen molar-refractivity contribution in [2.24, 2.45) is 17.8 Å². The SMILES string of the molecule is CC(C)CCCCCCCCCCCCCCCCCCCCC(=O)OC[C@H](COC(=O)CCCCCCCCCCCCCCCC(C)C)OC(=O)CCCCCCCCC(C)C. The second kappa shape index (κ2) is 49.3. The summed E-state index contributed by atoms with van der Waals surface area (Å²) in [6.45, 7) is 13.7. The molecule has 380 valence electrons. The molecule has 0 fully saturated rings. The van der Waals surface area contributed by atoms with Crippen molar-refractivity contribution in [3.8, 4) is 0 Å². The first-order chi connectivity index (χ1) is 31.1. The number of carbonyl (C=O) groups is 3. The largest absolute Gasteiger partial charge is 0.462 e. The molecule has 0 saturated heterocycles. The minimum atomic E-state index is -0.763. The van der Waals surface area contributed by atoms with Gasteiger partial charge in [-0.3, -0.25) is 14.4 Å². The predicted octanol–water partition coefficient (Wildman–Crippen LogP) is 18.7. The molecule has 0 aromatic rings. The van der Waals surface area contributed by atoms with Crippen LogP contribution in [0.3, 0.4) is 0 Å². The zero-order valence-electron chi connectivity index (χ0n) is 44.1. The highest BCUT2D eigenvalue weighted by atomic mass is 16.6. The highest BCUT2D eigenvalue weighted by Crippen LogP contribution is 2.18. The third-order valence-corrected chi connectivity index (χ3v) is 13.1. The van der Waals surface area contributed by atoms with Gasteiger partial charge in [-0.1, -0.05) is 279 Å². The van der Waals surface area contributed by atoms with E-state index in [2.05, 4.69) is 41.5 Å². The van der Waals surface area contributed by atoms with Crippen LogP contribution < -0.4 is 0 Å². The summed E-state index contributed by atoms with van der Waals surface area (Å²) in [5.41, 5.74) is 0. The quantitative estimate of drug-likeness (QED) is 0.0344. The van der Waals surface area contributed by atoms with Gasteiger partial charge in [0.1, 0.15) is 13.2 Å². The summed E-state index contributed by atoms with van der Waals surface area (Å²) < 4.78 is 16.8. The second-order valence-electron chi connectivity index (χ2n) is 21.4. The Kier molecular flexibility index (Phi) is 48.1. The third-order valence-electron chi connectivity index (χ3n) is 13.1. The van der Waals surface area contributed by atoms with Crippen molar-refractivity contribution < 1.29 is 28.6 Å².